The van der Waals surface area contributed by atoms with Gasteiger partial charge in [-0.3, -0.25) is 4.79 Å². The quantitative estimate of drug-likeness (QED) is 0.252. The summed E-state index contributed by atoms with van der Waals surface area (Å²) in [5.41, 5.74) is 0. The number of carbonyl (C=O) groups is 1. The molecular formula is C17H33BO2. The lowest BCUT2D eigenvalue weighted by Gasteiger charge is -2.06. The molecule has 0 bridgehead atoms. The van der Waals surface area contributed by atoms with Crippen molar-refractivity contribution in [2.75, 3.05) is 6.61 Å². The van der Waals surface area contributed by atoms with E-state index in [2.05, 4.69) is 13.8 Å². The van der Waals surface area contributed by atoms with Gasteiger partial charge < -0.3 is 4.74 Å². The Morgan fingerprint density at radius 3 is 2.15 bits per heavy atom. The molecule has 0 fully saturated rings. The summed E-state index contributed by atoms with van der Waals surface area (Å²) in [6.07, 6.45) is 13.0. The maximum Gasteiger partial charge on any atom is 0.305 e. The van der Waals surface area contributed by atoms with E-state index in [0.717, 1.165) is 31.6 Å². The third kappa shape index (κ3) is 15.6. The Labute approximate surface area is 127 Å². The van der Waals surface area contributed by atoms with Crippen LogP contribution < -0.4 is 0 Å². The first-order chi connectivity index (χ1) is 9.66. The third-order valence-corrected chi connectivity index (χ3v) is 3.52. The fourth-order valence-electron chi connectivity index (χ4n) is 2.21. The van der Waals surface area contributed by atoms with E-state index < -0.39 is 0 Å². The second kappa shape index (κ2) is 14.9. The largest absolute Gasteiger partial charge is 0.466 e. The van der Waals surface area contributed by atoms with Crippen LogP contribution >= 0.6 is 0 Å². The lowest BCUT2D eigenvalue weighted by atomic mass is 9.99. The molecule has 116 valence electrons. The van der Waals surface area contributed by atoms with E-state index in [1.54, 1.807) is 0 Å². The Balaban J connectivity index is 3.13. The van der Waals surface area contributed by atoms with Crippen LogP contribution in [-0.2, 0) is 9.53 Å². The molecule has 0 aromatic heterocycles. The molecule has 20 heavy (non-hydrogen) atoms. The number of hydrogen-bond acceptors (Lipinski definition) is 2. The summed E-state index contributed by atoms with van der Waals surface area (Å²) >= 11 is 0. The number of ether oxygens (including phenoxy) is 1. The average molecular weight is 280 g/mol. The summed E-state index contributed by atoms with van der Waals surface area (Å²) in [5.74, 6) is 0.790. The van der Waals surface area contributed by atoms with Crippen LogP contribution in [0.5, 0.6) is 0 Å². The van der Waals surface area contributed by atoms with Crippen LogP contribution in [0, 0.1) is 5.92 Å². The van der Waals surface area contributed by atoms with E-state index in [4.69, 9.17) is 12.6 Å². The predicted octanol–water partition coefficient (Wildman–Crippen LogP) is 5.06. The molecule has 0 heterocycles. The maximum absolute atomic E-state index is 11.4. The molecule has 0 aliphatic rings. The van der Waals surface area contributed by atoms with Crippen molar-refractivity contribution in [1.82, 2.24) is 0 Å². The molecule has 0 aromatic rings. The number of unbranched alkanes of at least 4 members (excludes halogenated alkanes) is 7. The van der Waals surface area contributed by atoms with Gasteiger partial charge in [-0.1, -0.05) is 71.5 Å². The predicted molar refractivity (Wildman–Crippen MR) is 87.1 cm³/mol. The zero-order valence-corrected chi connectivity index (χ0v) is 13.7. The second-order valence-corrected chi connectivity index (χ2v) is 6.12. The van der Waals surface area contributed by atoms with Gasteiger partial charge in [0.15, 0.2) is 0 Å². The van der Waals surface area contributed by atoms with Gasteiger partial charge in [0.05, 0.1) is 14.5 Å². The Hall–Kier alpha value is -0.465. The molecule has 0 saturated heterocycles. The molecule has 0 aliphatic heterocycles. The molecular weight excluding hydrogens is 247 g/mol. The van der Waals surface area contributed by atoms with Gasteiger partial charge in [-0.05, 0) is 18.8 Å². The van der Waals surface area contributed by atoms with Gasteiger partial charge in [0, 0.05) is 6.42 Å². The van der Waals surface area contributed by atoms with E-state index in [-0.39, 0.29) is 5.97 Å². The van der Waals surface area contributed by atoms with Crippen LogP contribution in [0.1, 0.15) is 84.5 Å². The average Bonchev–Trinajstić information content (AvgIpc) is 2.41. The number of hydrogen-bond donors (Lipinski definition) is 0. The minimum atomic E-state index is -0.0426. The molecule has 0 atom stereocenters. The summed E-state index contributed by atoms with van der Waals surface area (Å²) in [6.45, 7) is 5.16. The third-order valence-electron chi connectivity index (χ3n) is 3.52. The maximum atomic E-state index is 11.4. The topological polar surface area (TPSA) is 26.3 Å². The second-order valence-electron chi connectivity index (χ2n) is 6.12. The molecule has 0 rings (SSSR count). The molecule has 0 N–H and O–H groups in total. The van der Waals surface area contributed by atoms with Crippen LogP contribution in [0.25, 0.3) is 0 Å². The van der Waals surface area contributed by atoms with Crippen molar-refractivity contribution in [3.8, 4) is 0 Å². The SMILES string of the molecule is [B]CCCCCC(=O)OCCCCCCCCC(C)C. The highest BCUT2D eigenvalue weighted by Gasteiger charge is 2.02. The zero-order valence-electron chi connectivity index (χ0n) is 13.7. The zero-order chi connectivity index (χ0) is 15.1. The van der Waals surface area contributed by atoms with Crippen LogP contribution in [0.2, 0.25) is 6.32 Å². The molecule has 2 nitrogen and oxygen atoms in total. The monoisotopic (exact) mass is 280 g/mol. The van der Waals surface area contributed by atoms with Crippen molar-refractivity contribution in [2.45, 2.75) is 90.8 Å². The minimum Gasteiger partial charge on any atom is -0.466 e. The molecule has 0 aromatic carbocycles. The number of esters is 1. The summed E-state index contributed by atoms with van der Waals surface area (Å²) in [7, 11) is 5.40. The Morgan fingerprint density at radius 2 is 1.50 bits per heavy atom. The van der Waals surface area contributed by atoms with E-state index in [1.807, 2.05) is 0 Å². The van der Waals surface area contributed by atoms with Gasteiger partial charge in [0.1, 0.15) is 0 Å². The summed E-state index contributed by atoms with van der Waals surface area (Å²) in [6, 6.07) is 0. The highest BCUT2D eigenvalue weighted by atomic mass is 16.5. The smallest absolute Gasteiger partial charge is 0.305 e. The first-order valence-electron chi connectivity index (χ1n) is 8.52. The first kappa shape index (κ1) is 19.5. The molecule has 3 heteroatoms. The normalized spacial score (nSPS) is 10.9. The van der Waals surface area contributed by atoms with E-state index in [0.29, 0.717) is 19.3 Å². The van der Waals surface area contributed by atoms with Gasteiger partial charge in [-0.2, -0.15) is 0 Å². The van der Waals surface area contributed by atoms with Crippen molar-refractivity contribution in [1.29, 1.82) is 0 Å². The van der Waals surface area contributed by atoms with Crippen LogP contribution in [0.4, 0.5) is 0 Å². The highest BCUT2D eigenvalue weighted by molar-refractivity contribution is 6.08. The Kier molecular flexibility index (Phi) is 14.6. The standard InChI is InChI=1S/C17H33BO2/c1-16(2)12-8-5-3-4-6-11-15-20-17(19)13-9-7-10-14-18/h16H,3-15H2,1-2H3. The Bertz CT molecular complexity index is 217. The van der Waals surface area contributed by atoms with Gasteiger partial charge >= 0.3 is 5.97 Å². The molecule has 0 spiro atoms. The van der Waals surface area contributed by atoms with Gasteiger partial charge in [-0.25, -0.2) is 0 Å². The summed E-state index contributed by atoms with van der Waals surface area (Å²) in [5, 5.41) is 0. The van der Waals surface area contributed by atoms with E-state index in [1.165, 1.54) is 38.5 Å². The molecule has 0 aliphatic carbocycles. The fraction of sp³-hybridized carbons (Fsp3) is 0.941. The lowest BCUT2D eigenvalue weighted by Crippen LogP contribution is -2.05. The molecule has 0 amide bonds. The first-order valence-corrected chi connectivity index (χ1v) is 8.52. The molecule has 0 unspecified atom stereocenters. The van der Waals surface area contributed by atoms with Crippen LogP contribution in [0.3, 0.4) is 0 Å². The Morgan fingerprint density at radius 1 is 0.900 bits per heavy atom. The van der Waals surface area contributed by atoms with Crippen molar-refractivity contribution >= 4 is 13.8 Å². The molecule has 2 radical (unpaired) electrons. The fourth-order valence-corrected chi connectivity index (χ4v) is 2.21. The van der Waals surface area contributed by atoms with Crippen molar-refractivity contribution < 1.29 is 9.53 Å². The summed E-state index contributed by atoms with van der Waals surface area (Å²) in [4.78, 5) is 11.4. The van der Waals surface area contributed by atoms with E-state index >= 15 is 0 Å². The molecule has 0 saturated carbocycles. The minimum absolute atomic E-state index is 0.0426. The van der Waals surface area contributed by atoms with Crippen molar-refractivity contribution in [3.63, 3.8) is 0 Å². The van der Waals surface area contributed by atoms with Gasteiger partial charge in [-0.15, -0.1) is 0 Å². The van der Waals surface area contributed by atoms with Gasteiger partial charge in [0.25, 0.3) is 0 Å². The number of carbonyl (C=O) groups excluding carboxylic acids is 1. The number of rotatable bonds is 14. The lowest BCUT2D eigenvalue weighted by molar-refractivity contribution is -0.143. The van der Waals surface area contributed by atoms with E-state index in [9.17, 15) is 4.79 Å². The van der Waals surface area contributed by atoms with Crippen LogP contribution in [0.15, 0.2) is 0 Å². The highest BCUT2D eigenvalue weighted by Crippen LogP contribution is 2.11. The van der Waals surface area contributed by atoms with Gasteiger partial charge in [0.2, 0.25) is 0 Å². The summed E-state index contributed by atoms with van der Waals surface area (Å²) < 4.78 is 5.21. The van der Waals surface area contributed by atoms with Crippen molar-refractivity contribution in [3.05, 3.63) is 0 Å². The van der Waals surface area contributed by atoms with Crippen molar-refractivity contribution in [2.24, 2.45) is 5.92 Å². The van der Waals surface area contributed by atoms with Crippen LogP contribution in [-0.4, -0.2) is 20.4 Å².